The molecule has 0 saturated carbocycles. The van der Waals surface area contributed by atoms with E-state index in [9.17, 15) is 9.18 Å². The van der Waals surface area contributed by atoms with Crippen LogP contribution in [0.2, 0.25) is 0 Å². The summed E-state index contributed by atoms with van der Waals surface area (Å²) in [7, 11) is 0. The van der Waals surface area contributed by atoms with Crippen molar-refractivity contribution < 1.29 is 13.9 Å². The van der Waals surface area contributed by atoms with E-state index in [1.165, 1.54) is 6.07 Å². The third-order valence-corrected chi connectivity index (χ3v) is 5.92. The number of rotatable bonds is 5. The lowest BCUT2D eigenvalue weighted by Gasteiger charge is -2.38. The molecule has 5 nitrogen and oxygen atoms in total. The first-order chi connectivity index (χ1) is 13.7. The van der Waals surface area contributed by atoms with Crippen molar-refractivity contribution >= 4 is 11.7 Å². The second-order valence-electron chi connectivity index (χ2n) is 7.65. The molecule has 1 amide bonds. The Kier molecular flexibility index (Phi) is 5.57. The Balaban J connectivity index is 1.51. The van der Waals surface area contributed by atoms with E-state index in [0.717, 1.165) is 31.7 Å². The third kappa shape index (κ3) is 3.87. The fraction of sp³-hybridized carbons (Fsp3) is 0.455. The van der Waals surface area contributed by atoms with Crippen molar-refractivity contribution in [3.05, 3.63) is 59.5 Å². The van der Waals surface area contributed by atoms with Crippen molar-refractivity contribution in [3.63, 3.8) is 0 Å². The Hall–Kier alpha value is -2.47. The van der Waals surface area contributed by atoms with Crippen LogP contribution in [0.3, 0.4) is 0 Å². The molecule has 0 aliphatic carbocycles. The van der Waals surface area contributed by atoms with E-state index >= 15 is 0 Å². The lowest BCUT2D eigenvalue weighted by molar-refractivity contribution is 0.0475. The zero-order valence-electron chi connectivity index (χ0n) is 16.0. The summed E-state index contributed by atoms with van der Waals surface area (Å²) in [5, 5.41) is 3.05. The molecule has 3 heterocycles. The number of amides is 1. The SMILES string of the molecule is O=C(NCC1(c2ccccc2F)CCOCC1)c1ccnc(N2CCCC2)c1. The van der Waals surface area contributed by atoms with E-state index in [4.69, 9.17) is 4.74 Å². The second-order valence-corrected chi connectivity index (χ2v) is 7.65. The van der Waals surface area contributed by atoms with Crippen molar-refractivity contribution in [2.45, 2.75) is 31.1 Å². The third-order valence-electron chi connectivity index (χ3n) is 5.92. The molecule has 2 aliphatic heterocycles. The standard InChI is InChI=1S/C22H26FN3O2/c23-19-6-2-1-5-18(19)22(8-13-28-14-9-22)16-25-21(27)17-7-10-24-20(15-17)26-11-3-4-12-26/h1-2,5-7,10,15H,3-4,8-9,11-14,16H2,(H,25,27). The summed E-state index contributed by atoms with van der Waals surface area (Å²) in [6.07, 6.45) is 5.37. The summed E-state index contributed by atoms with van der Waals surface area (Å²) in [5.74, 6) is 0.476. The van der Waals surface area contributed by atoms with Gasteiger partial charge in [0, 0.05) is 50.0 Å². The number of halogens is 1. The molecule has 0 spiro atoms. The maximum atomic E-state index is 14.5. The van der Waals surface area contributed by atoms with Crippen LogP contribution in [0.5, 0.6) is 0 Å². The number of hydrogen-bond acceptors (Lipinski definition) is 4. The number of benzene rings is 1. The van der Waals surface area contributed by atoms with Crippen LogP contribution >= 0.6 is 0 Å². The van der Waals surface area contributed by atoms with Crippen LogP contribution in [-0.4, -0.2) is 43.7 Å². The van der Waals surface area contributed by atoms with Gasteiger partial charge >= 0.3 is 0 Å². The minimum atomic E-state index is -0.440. The van der Waals surface area contributed by atoms with Gasteiger partial charge in [-0.25, -0.2) is 9.37 Å². The average Bonchev–Trinajstić information content (AvgIpc) is 3.28. The molecule has 1 aromatic heterocycles. The van der Waals surface area contributed by atoms with E-state index in [0.29, 0.717) is 43.7 Å². The molecule has 2 fully saturated rings. The summed E-state index contributed by atoms with van der Waals surface area (Å²) in [6.45, 7) is 3.48. The van der Waals surface area contributed by atoms with E-state index in [1.807, 2.05) is 18.2 Å². The molecule has 0 unspecified atom stereocenters. The predicted octanol–water partition coefficient (Wildman–Crippen LogP) is 3.30. The van der Waals surface area contributed by atoms with Gasteiger partial charge in [0.05, 0.1) is 0 Å². The number of carbonyl (C=O) groups is 1. The first-order valence-corrected chi connectivity index (χ1v) is 10.00. The van der Waals surface area contributed by atoms with E-state index in [2.05, 4.69) is 15.2 Å². The number of aromatic nitrogens is 1. The topological polar surface area (TPSA) is 54.5 Å². The molecule has 2 saturated heterocycles. The molecule has 2 aromatic rings. The Morgan fingerprint density at radius 1 is 1.18 bits per heavy atom. The van der Waals surface area contributed by atoms with Gasteiger partial charge in [-0.05, 0) is 49.4 Å². The number of nitrogens with zero attached hydrogens (tertiary/aromatic N) is 2. The minimum absolute atomic E-state index is 0.148. The van der Waals surface area contributed by atoms with Gasteiger partial charge < -0.3 is 15.0 Å². The van der Waals surface area contributed by atoms with Crippen LogP contribution in [0.25, 0.3) is 0 Å². The molecular weight excluding hydrogens is 357 g/mol. The molecule has 148 valence electrons. The van der Waals surface area contributed by atoms with Gasteiger partial charge in [-0.15, -0.1) is 0 Å². The number of ether oxygens (including phenoxy) is 1. The fourth-order valence-corrected chi connectivity index (χ4v) is 4.23. The van der Waals surface area contributed by atoms with E-state index < -0.39 is 5.41 Å². The van der Waals surface area contributed by atoms with Crippen LogP contribution in [0, 0.1) is 5.82 Å². The Labute approximate surface area is 164 Å². The lowest BCUT2D eigenvalue weighted by Crippen LogP contribution is -2.45. The molecule has 1 N–H and O–H groups in total. The molecule has 1 aromatic carbocycles. The summed E-state index contributed by atoms with van der Waals surface area (Å²) in [4.78, 5) is 19.4. The molecule has 0 bridgehead atoms. The van der Waals surface area contributed by atoms with Gasteiger partial charge in [0.25, 0.3) is 5.91 Å². The summed E-state index contributed by atoms with van der Waals surface area (Å²) in [5.41, 5.74) is 0.808. The van der Waals surface area contributed by atoms with Crippen LogP contribution in [-0.2, 0) is 10.2 Å². The first kappa shape index (κ1) is 18.9. The molecule has 28 heavy (non-hydrogen) atoms. The summed E-state index contributed by atoms with van der Waals surface area (Å²) in [6, 6.07) is 10.4. The van der Waals surface area contributed by atoms with Crippen molar-refractivity contribution in [2.75, 3.05) is 37.7 Å². The van der Waals surface area contributed by atoms with Gasteiger partial charge in [-0.2, -0.15) is 0 Å². The molecule has 4 rings (SSSR count). The highest BCUT2D eigenvalue weighted by Gasteiger charge is 2.37. The summed E-state index contributed by atoms with van der Waals surface area (Å²) >= 11 is 0. The first-order valence-electron chi connectivity index (χ1n) is 10.00. The van der Waals surface area contributed by atoms with Crippen LogP contribution < -0.4 is 10.2 Å². The highest BCUT2D eigenvalue weighted by atomic mass is 19.1. The number of nitrogens with one attached hydrogen (secondary N) is 1. The monoisotopic (exact) mass is 383 g/mol. The predicted molar refractivity (Wildman–Crippen MR) is 106 cm³/mol. The van der Waals surface area contributed by atoms with Gasteiger partial charge in [0.15, 0.2) is 0 Å². The number of pyridine rings is 1. The van der Waals surface area contributed by atoms with Gasteiger partial charge in [0.1, 0.15) is 11.6 Å². The maximum Gasteiger partial charge on any atom is 0.251 e. The van der Waals surface area contributed by atoms with Crippen molar-refractivity contribution in [2.24, 2.45) is 0 Å². The molecule has 6 heteroatoms. The van der Waals surface area contributed by atoms with Crippen molar-refractivity contribution in [1.82, 2.24) is 10.3 Å². The van der Waals surface area contributed by atoms with Crippen LogP contribution in [0.15, 0.2) is 42.6 Å². The minimum Gasteiger partial charge on any atom is -0.381 e. The van der Waals surface area contributed by atoms with Gasteiger partial charge in [0.2, 0.25) is 0 Å². The number of hydrogen-bond donors (Lipinski definition) is 1. The van der Waals surface area contributed by atoms with Crippen molar-refractivity contribution in [1.29, 1.82) is 0 Å². The maximum absolute atomic E-state index is 14.5. The van der Waals surface area contributed by atoms with E-state index in [-0.39, 0.29) is 11.7 Å². The second kappa shape index (κ2) is 8.27. The summed E-state index contributed by atoms with van der Waals surface area (Å²) < 4.78 is 20.0. The van der Waals surface area contributed by atoms with Crippen molar-refractivity contribution in [3.8, 4) is 0 Å². The Morgan fingerprint density at radius 3 is 2.68 bits per heavy atom. The van der Waals surface area contributed by atoms with Gasteiger partial charge in [-0.1, -0.05) is 18.2 Å². The quantitative estimate of drug-likeness (QED) is 0.861. The number of anilines is 1. The molecule has 0 atom stereocenters. The molecule has 0 radical (unpaired) electrons. The normalized spacial score (nSPS) is 18.8. The van der Waals surface area contributed by atoms with Crippen LogP contribution in [0.1, 0.15) is 41.6 Å². The smallest absolute Gasteiger partial charge is 0.251 e. The van der Waals surface area contributed by atoms with E-state index in [1.54, 1.807) is 18.3 Å². The average molecular weight is 383 g/mol. The zero-order valence-corrected chi connectivity index (χ0v) is 16.0. The Bertz CT molecular complexity index is 830. The fourth-order valence-electron chi connectivity index (χ4n) is 4.23. The lowest BCUT2D eigenvalue weighted by atomic mass is 9.73. The highest BCUT2D eigenvalue weighted by molar-refractivity contribution is 5.94. The largest absolute Gasteiger partial charge is 0.381 e. The highest BCUT2D eigenvalue weighted by Crippen LogP contribution is 2.35. The van der Waals surface area contributed by atoms with Gasteiger partial charge in [-0.3, -0.25) is 4.79 Å². The Morgan fingerprint density at radius 2 is 1.93 bits per heavy atom. The zero-order chi connectivity index (χ0) is 19.4. The molecular formula is C22H26FN3O2. The van der Waals surface area contributed by atoms with Crippen LogP contribution in [0.4, 0.5) is 10.2 Å². The number of carbonyl (C=O) groups excluding carboxylic acids is 1. The molecule has 2 aliphatic rings.